The van der Waals surface area contributed by atoms with Crippen molar-refractivity contribution < 1.29 is 19.0 Å². The van der Waals surface area contributed by atoms with Crippen molar-refractivity contribution in [1.82, 2.24) is 9.88 Å². The van der Waals surface area contributed by atoms with Crippen molar-refractivity contribution in [1.29, 1.82) is 0 Å². The number of ether oxygens (including phenoxy) is 3. The zero-order valence-corrected chi connectivity index (χ0v) is 20.5. The van der Waals surface area contributed by atoms with Gasteiger partial charge in [0.25, 0.3) is 0 Å². The highest BCUT2D eigenvalue weighted by molar-refractivity contribution is 5.81. The van der Waals surface area contributed by atoms with Crippen molar-refractivity contribution in [3.05, 3.63) is 71.8 Å². The van der Waals surface area contributed by atoms with E-state index in [0.717, 1.165) is 41.8 Å². The van der Waals surface area contributed by atoms with Crippen LogP contribution in [0.25, 0.3) is 11.3 Å². The van der Waals surface area contributed by atoms with Gasteiger partial charge in [-0.15, -0.1) is 0 Å². The number of rotatable bonds is 13. The summed E-state index contributed by atoms with van der Waals surface area (Å²) in [6.45, 7) is 1.42. The highest BCUT2D eigenvalue weighted by Crippen LogP contribution is 2.28. The third-order valence-electron chi connectivity index (χ3n) is 5.50. The molecule has 0 N–H and O–H groups in total. The number of benzene rings is 2. The lowest BCUT2D eigenvalue weighted by atomic mass is 10.0. The molecule has 1 aromatic heterocycles. The topological polar surface area (TPSA) is 60.9 Å². The van der Waals surface area contributed by atoms with E-state index in [0.29, 0.717) is 36.8 Å². The largest absolute Gasteiger partial charge is 0.493 e. The predicted molar refractivity (Wildman–Crippen MR) is 135 cm³/mol. The fourth-order valence-electron chi connectivity index (χ4n) is 3.71. The Hall–Kier alpha value is -3.38. The highest BCUT2D eigenvalue weighted by atomic mass is 16.5. The number of carbonyl (C=O) groups excluding carboxylic acids is 1. The molecule has 2 aromatic carbocycles. The maximum Gasteiger partial charge on any atom is 0.213 e. The zero-order chi connectivity index (χ0) is 24.3. The average Bonchev–Trinajstić information content (AvgIpc) is 2.84. The quantitative estimate of drug-likeness (QED) is 0.362. The first-order chi connectivity index (χ1) is 16.5. The first-order valence-corrected chi connectivity index (χ1v) is 11.5. The Morgan fingerprint density at radius 3 is 2.47 bits per heavy atom. The fraction of sp³-hybridized carbons (Fsp3) is 0.357. The molecule has 0 unspecified atom stereocenters. The summed E-state index contributed by atoms with van der Waals surface area (Å²) in [5, 5.41) is 0. The van der Waals surface area contributed by atoms with Crippen LogP contribution in [-0.2, 0) is 17.6 Å². The Kier molecular flexibility index (Phi) is 9.47. The van der Waals surface area contributed by atoms with E-state index in [2.05, 4.69) is 9.88 Å². The summed E-state index contributed by atoms with van der Waals surface area (Å²) < 4.78 is 16.6. The van der Waals surface area contributed by atoms with E-state index in [4.69, 9.17) is 14.2 Å². The summed E-state index contributed by atoms with van der Waals surface area (Å²) in [5.74, 6) is 2.25. The Bertz CT molecular complexity index is 1080. The molecule has 0 radical (unpaired) electrons. The normalized spacial score (nSPS) is 10.9. The van der Waals surface area contributed by atoms with Gasteiger partial charge in [0.1, 0.15) is 5.78 Å². The van der Waals surface area contributed by atoms with Crippen LogP contribution in [0.4, 0.5) is 0 Å². The number of aromatic nitrogens is 1. The second kappa shape index (κ2) is 12.8. The molecule has 34 heavy (non-hydrogen) atoms. The van der Waals surface area contributed by atoms with Crippen molar-refractivity contribution in [3.8, 4) is 28.6 Å². The molecular formula is C28H34N2O4. The number of hydrogen-bond acceptors (Lipinski definition) is 6. The lowest BCUT2D eigenvalue weighted by Crippen LogP contribution is -2.14. The number of Topliss-reactive ketones (excluding diaryl/α,β-unsaturated/α-hetero) is 1. The van der Waals surface area contributed by atoms with Gasteiger partial charge in [-0.1, -0.05) is 30.3 Å². The van der Waals surface area contributed by atoms with Crippen molar-refractivity contribution >= 4 is 5.78 Å². The Morgan fingerprint density at radius 2 is 1.71 bits per heavy atom. The van der Waals surface area contributed by atoms with E-state index in [9.17, 15) is 4.79 Å². The van der Waals surface area contributed by atoms with E-state index in [-0.39, 0.29) is 5.78 Å². The molecule has 0 fully saturated rings. The molecule has 6 nitrogen and oxygen atoms in total. The number of hydrogen-bond donors (Lipinski definition) is 0. The third-order valence-corrected chi connectivity index (χ3v) is 5.50. The second-order valence-corrected chi connectivity index (χ2v) is 8.47. The minimum atomic E-state index is 0.263. The smallest absolute Gasteiger partial charge is 0.213 e. The second-order valence-electron chi connectivity index (χ2n) is 8.47. The SMILES string of the molecule is COc1ccc(CCOc2cccc(-c3cccc(CC(=O)CCCN(C)C)c3)n2)cc1OC. The Labute approximate surface area is 202 Å². The van der Waals surface area contributed by atoms with E-state index in [1.807, 2.05) is 74.8 Å². The van der Waals surface area contributed by atoms with Crippen LogP contribution in [0, 0.1) is 0 Å². The monoisotopic (exact) mass is 462 g/mol. The maximum absolute atomic E-state index is 12.3. The summed E-state index contributed by atoms with van der Waals surface area (Å²) in [4.78, 5) is 19.1. The van der Waals surface area contributed by atoms with E-state index in [1.165, 1.54) is 0 Å². The summed E-state index contributed by atoms with van der Waals surface area (Å²) in [6.07, 6.45) is 2.65. The molecule has 0 bridgehead atoms. The van der Waals surface area contributed by atoms with Crippen LogP contribution < -0.4 is 14.2 Å². The molecule has 180 valence electrons. The summed E-state index contributed by atoms with van der Waals surface area (Å²) >= 11 is 0. The number of ketones is 1. The minimum Gasteiger partial charge on any atom is -0.493 e. The van der Waals surface area contributed by atoms with Crippen molar-refractivity contribution in [2.75, 3.05) is 41.5 Å². The molecule has 0 aliphatic carbocycles. The summed E-state index contributed by atoms with van der Waals surface area (Å²) in [7, 11) is 7.30. The van der Waals surface area contributed by atoms with Gasteiger partial charge in [0.05, 0.1) is 26.5 Å². The van der Waals surface area contributed by atoms with Gasteiger partial charge < -0.3 is 19.1 Å². The van der Waals surface area contributed by atoms with Crippen LogP contribution in [0.5, 0.6) is 17.4 Å². The van der Waals surface area contributed by atoms with Crippen molar-refractivity contribution in [3.63, 3.8) is 0 Å². The van der Waals surface area contributed by atoms with E-state index in [1.54, 1.807) is 14.2 Å². The first-order valence-electron chi connectivity index (χ1n) is 11.5. The molecule has 1 heterocycles. The van der Waals surface area contributed by atoms with Crippen molar-refractivity contribution in [2.24, 2.45) is 0 Å². The number of carbonyl (C=O) groups is 1. The molecule has 6 heteroatoms. The number of pyridine rings is 1. The first kappa shape index (κ1) is 25.2. The number of nitrogens with zero attached hydrogens (tertiary/aromatic N) is 2. The summed E-state index contributed by atoms with van der Waals surface area (Å²) in [5.41, 5.74) is 3.90. The van der Waals surface area contributed by atoms with Gasteiger partial charge in [-0.05, 0) is 62.5 Å². The zero-order valence-electron chi connectivity index (χ0n) is 20.5. The highest BCUT2D eigenvalue weighted by Gasteiger charge is 2.08. The molecule has 0 atom stereocenters. The third kappa shape index (κ3) is 7.59. The van der Waals surface area contributed by atoms with Crippen LogP contribution in [-0.4, -0.2) is 57.1 Å². The average molecular weight is 463 g/mol. The van der Waals surface area contributed by atoms with Gasteiger partial charge in [-0.3, -0.25) is 4.79 Å². The van der Waals surface area contributed by atoms with Gasteiger partial charge in [-0.25, -0.2) is 4.98 Å². The van der Waals surface area contributed by atoms with Gasteiger partial charge in [0.2, 0.25) is 5.88 Å². The van der Waals surface area contributed by atoms with Crippen LogP contribution >= 0.6 is 0 Å². The van der Waals surface area contributed by atoms with Crippen LogP contribution in [0.1, 0.15) is 24.0 Å². The van der Waals surface area contributed by atoms with Crippen LogP contribution in [0.15, 0.2) is 60.7 Å². The lowest BCUT2D eigenvalue weighted by molar-refractivity contribution is -0.118. The van der Waals surface area contributed by atoms with Gasteiger partial charge in [0, 0.05) is 30.9 Å². The molecule has 0 saturated carbocycles. The standard InChI is InChI=1S/C28H34N2O4/c1-30(2)16-7-10-24(31)19-22-8-5-9-23(18-22)25-11-6-12-28(29-25)34-17-15-21-13-14-26(32-3)27(20-21)33-4/h5-6,8-9,11-14,18,20H,7,10,15-17,19H2,1-4H3. The minimum absolute atomic E-state index is 0.263. The molecule has 3 aromatic rings. The van der Waals surface area contributed by atoms with E-state index >= 15 is 0 Å². The molecule has 0 amide bonds. The van der Waals surface area contributed by atoms with Gasteiger partial charge >= 0.3 is 0 Å². The fourth-order valence-corrected chi connectivity index (χ4v) is 3.71. The van der Waals surface area contributed by atoms with Gasteiger partial charge in [-0.2, -0.15) is 0 Å². The van der Waals surface area contributed by atoms with Crippen LogP contribution in [0.2, 0.25) is 0 Å². The number of methoxy groups -OCH3 is 2. The maximum atomic E-state index is 12.3. The van der Waals surface area contributed by atoms with Gasteiger partial charge in [0.15, 0.2) is 11.5 Å². The van der Waals surface area contributed by atoms with Crippen LogP contribution in [0.3, 0.4) is 0 Å². The van der Waals surface area contributed by atoms with E-state index < -0.39 is 0 Å². The summed E-state index contributed by atoms with van der Waals surface area (Å²) in [6, 6.07) is 19.6. The molecule has 0 saturated heterocycles. The predicted octanol–water partition coefficient (Wildman–Crippen LogP) is 4.84. The lowest BCUT2D eigenvalue weighted by Gasteiger charge is -2.11. The Balaban J connectivity index is 1.59. The molecular weight excluding hydrogens is 428 g/mol. The molecule has 0 aliphatic rings. The molecule has 0 spiro atoms. The molecule has 0 aliphatic heterocycles. The van der Waals surface area contributed by atoms with Crippen molar-refractivity contribution in [2.45, 2.75) is 25.7 Å². The molecule has 3 rings (SSSR count). The Morgan fingerprint density at radius 1 is 0.912 bits per heavy atom.